The lowest BCUT2D eigenvalue weighted by molar-refractivity contribution is -0.135. The van der Waals surface area contributed by atoms with Gasteiger partial charge in [-0.2, -0.15) is 0 Å². The third-order valence-electron chi connectivity index (χ3n) is 2.69. The lowest BCUT2D eigenvalue weighted by atomic mass is 10.2. The van der Waals surface area contributed by atoms with Crippen molar-refractivity contribution in [3.63, 3.8) is 0 Å². The Morgan fingerprint density at radius 3 is 2.50 bits per heavy atom. The fourth-order valence-corrected chi connectivity index (χ4v) is 1.61. The number of halogens is 1. The van der Waals surface area contributed by atoms with Crippen LogP contribution >= 0.6 is 0 Å². The van der Waals surface area contributed by atoms with Crippen LogP contribution in [0.3, 0.4) is 0 Å². The Balaban J connectivity index is 2.54. The van der Waals surface area contributed by atoms with E-state index in [9.17, 15) is 14.0 Å². The van der Waals surface area contributed by atoms with Crippen molar-refractivity contribution in [3.8, 4) is 0 Å². The maximum absolute atomic E-state index is 12.8. The molecule has 0 heterocycles. The van der Waals surface area contributed by atoms with Crippen LogP contribution in [0.4, 0.5) is 4.39 Å². The zero-order valence-electron chi connectivity index (χ0n) is 11.7. The van der Waals surface area contributed by atoms with Crippen LogP contribution in [0.1, 0.15) is 12.5 Å². The Kier molecular flexibility index (Phi) is 6.66. The van der Waals surface area contributed by atoms with Crippen LogP contribution < -0.4 is 5.32 Å². The van der Waals surface area contributed by atoms with Crippen LogP contribution in [0.5, 0.6) is 0 Å². The van der Waals surface area contributed by atoms with Crippen LogP contribution in [0.25, 0.3) is 0 Å². The number of carbonyl (C=O) groups is 2. The van der Waals surface area contributed by atoms with Crippen molar-refractivity contribution in [2.75, 3.05) is 26.8 Å². The van der Waals surface area contributed by atoms with Gasteiger partial charge in [-0.1, -0.05) is 12.1 Å². The van der Waals surface area contributed by atoms with Crippen molar-refractivity contribution in [1.29, 1.82) is 0 Å². The van der Waals surface area contributed by atoms with E-state index in [0.717, 1.165) is 5.56 Å². The van der Waals surface area contributed by atoms with Gasteiger partial charge in [0.2, 0.25) is 11.8 Å². The van der Waals surface area contributed by atoms with Crippen LogP contribution in [0, 0.1) is 5.82 Å². The molecule has 0 bridgehead atoms. The molecule has 0 saturated carbocycles. The van der Waals surface area contributed by atoms with E-state index in [1.54, 1.807) is 19.2 Å². The van der Waals surface area contributed by atoms with E-state index >= 15 is 0 Å². The van der Waals surface area contributed by atoms with E-state index in [1.165, 1.54) is 24.0 Å². The number of carbonyl (C=O) groups excluding carboxylic acids is 2. The summed E-state index contributed by atoms with van der Waals surface area (Å²) in [5.74, 6) is -0.795. The Bertz CT molecular complexity index is 448. The number of nitrogens with zero attached hydrogens (tertiary/aromatic N) is 1. The zero-order valence-corrected chi connectivity index (χ0v) is 11.7. The number of hydrogen-bond donors (Lipinski definition) is 1. The predicted octanol–water partition coefficient (Wildman–Crippen LogP) is 0.937. The summed E-state index contributed by atoms with van der Waals surface area (Å²) < 4.78 is 17.6. The summed E-state index contributed by atoms with van der Waals surface area (Å²) in [6.07, 6.45) is 0. The summed E-state index contributed by atoms with van der Waals surface area (Å²) in [4.78, 5) is 24.6. The van der Waals surface area contributed by atoms with E-state index in [-0.39, 0.29) is 30.7 Å². The highest BCUT2D eigenvalue weighted by Gasteiger charge is 2.13. The fourth-order valence-electron chi connectivity index (χ4n) is 1.61. The summed E-state index contributed by atoms with van der Waals surface area (Å²) in [5.41, 5.74) is 0.770. The quantitative estimate of drug-likeness (QED) is 0.757. The van der Waals surface area contributed by atoms with Gasteiger partial charge in [0.25, 0.3) is 0 Å². The number of ether oxygens (including phenoxy) is 1. The van der Waals surface area contributed by atoms with Gasteiger partial charge in [0, 0.05) is 27.1 Å². The van der Waals surface area contributed by atoms with Gasteiger partial charge in [0.05, 0.1) is 13.2 Å². The van der Waals surface area contributed by atoms with Gasteiger partial charge in [0.15, 0.2) is 0 Å². The minimum absolute atomic E-state index is 0.0313. The van der Waals surface area contributed by atoms with E-state index in [2.05, 4.69) is 5.32 Å². The van der Waals surface area contributed by atoms with E-state index in [4.69, 9.17) is 4.74 Å². The van der Waals surface area contributed by atoms with E-state index in [1.807, 2.05) is 0 Å². The standard InChI is InChI=1S/C14H19FN2O3/c1-11(18)17(10-14(19)16-7-8-20-2)9-12-3-5-13(15)6-4-12/h3-6H,7-10H2,1-2H3,(H,16,19). The Morgan fingerprint density at radius 2 is 1.95 bits per heavy atom. The van der Waals surface area contributed by atoms with Crippen molar-refractivity contribution in [3.05, 3.63) is 35.6 Å². The first-order valence-corrected chi connectivity index (χ1v) is 6.28. The fraction of sp³-hybridized carbons (Fsp3) is 0.429. The summed E-state index contributed by atoms with van der Waals surface area (Å²) >= 11 is 0. The maximum Gasteiger partial charge on any atom is 0.239 e. The second-order valence-electron chi connectivity index (χ2n) is 4.34. The van der Waals surface area contributed by atoms with Gasteiger partial charge in [-0.3, -0.25) is 9.59 Å². The van der Waals surface area contributed by atoms with Crippen molar-refractivity contribution < 1.29 is 18.7 Å². The highest BCUT2D eigenvalue weighted by molar-refractivity contribution is 5.83. The van der Waals surface area contributed by atoms with Gasteiger partial charge in [-0.05, 0) is 17.7 Å². The second-order valence-corrected chi connectivity index (χ2v) is 4.34. The summed E-state index contributed by atoms with van der Waals surface area (Å²) in [6.45, 7) is 2.46. The first-order valence-electron chi connectivity index (χ1n) is 6.28. The molecule has 0 atom stereocenters. The number of rotatable bonds is 7. The van der Waals surface area contributed by atoms with Crippen LogP contribution in [-0.4, -0.2) is 43.5 Å². The maximum atomic E-state index is 12.8. The molecule has 0 aliphatic carbocycles. The molecule has 0 spiro atoms. The van der Waals surface area contributed by atoms with Gasteiger partial charge in [-0.15, -0.1) is 0 Å². The lowest BCUT2D eigenvalue weighted by Gasteiger charge is -2.20. The Hall–Kier alpha value is -1.95. The molecule has 1 aromatic carbocycles. The molecular weight excluding hydrogens is 263 g/mol. The number of amides is 2. The SMILES string of the molecule is COCCNC(=O)CN(Cc1ccc(F)cc1)C(C)=O. The third-order valence-corrected chi connectivity index (χ3v) is 2.69. The molecule has 0 radical (unpaired) electrons. The first kappa shape index (κ1) is 16.1. The molecule has 1 N–H and O–H groups in total. The van der Waals surface area contributed by atoms with E-state index < -0.39 is 0 Å². The third kappa shape index (κ3) is 5.79. The molecule has 1 rings (SSSR count). The molecule has 0 saturated heterocycles. The zero-order chi connectivity index (χ0) is 15.0. The normalized spacial score (nSPS) is 10.2. The summed E-state index contributed by atoms with van der Waals surface area (Å²) in [5, 5.41) is 2.65. The van der Waals surface area contributed by atoms with Gasteiger partial charge < -0.3 is 15.0 Å². The van der Waals surface area contributed by atoms with Crippen molar-refractivity contribution in [2.24, 2.45) is 0 Å². The number of benzene rings is 1. The molecule has 2 amide bonds. The number of methoxy groups -OCH3 is 1. The lowest BCUT2D eigenvalue weighted by Crippen LogP contribution is -2.40. The predicted molar refractivity (Wildman–Crippen MR) is 72.4 cm³/mol. The first-order chi connectivity index (χ1) is 9.52. The molecule has 20 heavy (non-hydrogen) atoms. The number of hydrogen-bond acceptors (Lipinski definition) is 3. The second kappa shape index (κ2) is 8.27. The van der Waals surface area contributed by atoms with Crippen molar-refractivity contribution in [2.45, 2.75) is 13.5 Å². The molecule has 0 aromatic heterocycles. The summed E-state index contributed by atoms with van der Waals surface area (Å²) in [7, 11) is 1.54. The Morgan fingerprint density at radius 1 is 1.30 bits per heavy atom. The highest BCUT2D eigenvalue weighted by atomic mass is 19.1. The van der Waals surface area contributed by atoms with Gasteiger partial charge in [0.1, 0.15) is 5.82 Å². The largest absolute Gasteiger partial charge is 0.383 e. The van der Waals surface area contributed by atoms with E-state index in [0.29, 0.717) is 13.2 Å². The minimum Gasteiger partial charge on any atom is -0.383 e. The molecule has 6 heteroatoms. The molecule has 0 aliphatic heterocycles. The monoisotopic (exact) mass is 282 g/mol. The highest BCUT2D eigenvalue weighted by Crippen LogP contribution is 2.06. The van der Waals surface area contributed by atoms with Gasteiger partial charge in [-0.25, -0.2) is 4.39 Å². The molecule has 0 aliphatic rings. The summed E-state index contributed by atoms with van der Waals surface area (Å²) in [6, 6.07) is 5.83. The molecule has 5 nitrogen and oxygen atoms in total. The molecular formula is C14H19FN2O3. The average molecular weight is 282 g/mol. The van der Waals surface area contributed by atoms with Crippen molar-refractivity contribution >= 4 is 11.8 Å². The average Bonchev–Trinajstić information content (AvgIpc) is 2.40. The molecule has 0 unspecified atom stereocenters. The molecule has 1 aromatic rings. The topological polar surface area (TPSA) is 58.6 Å². The smallest absolute Gasteiger partial charge is 0.239 e. The van der Waals surface area contributed by atoms with Crippen LogP contribution in [0.15, 0.2) is 24.3 Å². The van der Waals surface area contributed by atoms with Crippen molar-refractivity contribution in [1.82, 2.24) is 10.2 Å². The molecule has 110 valence electrons. The number of nitrogens with one attached hydrogen (secondary N) is 1. The molecule has 0 fully saturated rings. The van der Waals surface area contributed by atoms with Crippen LogP contribution in [-0.2, 0) is 20.9 Å². The van der Waals surface area contributed by atoms with Gasteiger partial charge >= 0.3 is 0 Å². The van der Waals surface area contributed by atoms with Crippen LogP contribution in [0.2, 0.25) is 0 Å². The minimum atomic E-state index is -0.333. The Labute approximate surface area is 117 Å².